The molecule has 0 amide bonds. The van der Waals surface area contributed by atoms with E-state index in [-0.39, 0.29) is 0 Å². The molecule has 0 bridgehead atoms. The van der Waals surface area contributed by atoms with E-state index in [1.54, 1.807) is 0 Å². The molecule has 120 valence electrons. The fraction of sp³-hybridized carbons (Fsp3) is 0.429. The first-order valence-electron chi connectivity index (χ1n) is 8.80. The van der Waals surface area contributed by atoms with E-state index in [0.717, 1.165) is 25.5 Å². The van der Waals surface area contributed by atoms with Crippen LogP contribution >= 0.6 is 0 Å². The average Bonchev–Trinajstić information content (AvgIpc) is 3.36. The molecular formula is C21H25NO. The largest absolute Gasteiger partial charge is 0.376 e. The zero-order chi connectivity index (χ0) is 15.8. The van der Waals surface area contributed by atoms with Gasteiger partial charge >= 0.3 is 0 Å². The Labute approximate surface area is 139 Å². The maximum atomic E-state index is 6.01. The number of anilines is 2. The molecule has 2 aromatic carbocycles. The van der Waals surface area contributed by atoms with Crippen LogP contribution in [0.3, 0.4) is 0 Å². The second-order valence-corrected chi connectivity index (χ2v) is 6.99. The molecule has 1 aliphatic heterocycles. The molecule has 0 N–H and O–H groups in total. The van der Waals surface area contributed by atoms with Crippen LogP contribution in [0.2, 0.25) is 0 Å². The molecule has 1 saturated carbocycles. The number of benzene rings is 2. The van der Waals surface area contributed by atoms with Crippen LogP contribution in [-0.4, -0.2) is 19.3 Å². The summed E-state index contributed by atoms with van der Waals surface area (Å²) < 4.78 is 6.01. The van der Waals surface area contributed by atoms with E-state index in [1.807, 2.05) is 0 Å². The molecule has 4 rings (SSSR count). The van der Waals surface area contributed by atoms with Gasteiger partial charge in [-0.25, -0.2) is 0 Å². The monoisotopic (exact) mass is 307 g/mol. The molecule has 2 heteroatoms. The zero-order valence-electron chi connectivity index (χ0n) is 14.1. The van der Waals surface area contributed by atoms with Crippen molar-refractivity contribution < 1.29 is 4.74 Å². The quantitative estimate of drug-likeness (QED) is 0.776. The highest BCUT2D eigenvalue weighted by molar-refractivity contribution is 5.70. The Bertz CT molecular complexity index is 705. The molecular weight excluding hydrogens is 282 g/mol. The standard InChI is InChI=1S/C21H25NO/c1-15-5-3-4-6-20(15)22-11-12-23-16(2)13-19-14-18(17-7-8-17)9-10-21(19)22/h3-6,9-10,14,16-17H,7-8,11-13H2,1-2H3. The Morgan fingerprint density at radius 1 is 1.04 bits per heavy atom. The molecule has 0 aromatic heterocycles. The van der Waals surface area contributed by atoms with Crippen LogP contribution in [0.1, 0.15) is 42.4 Å². The van der Waals surface area contributed by atoms with Crippen LogP contribution in [0.25, 0.3) is 0 Å². The highest BCUT2D eigenvalue weighted by atomic mass is 16.5. The summed E-state index contributed by atoms with van der Waals surface area (Å²) in [6, 6.07) is 15.8. The summed E-state index contributed by atoms with van der Waals surface area (Å²) in [5.41, 5.74) is 6.93. The van der Waals surface area contributed by atoms with Crippen molar-refractivity contribution in [2.75, 3.05) is 18.1 Å². The lowest BCUT2D eigenvalue weighted by Crippen LogP contribution is -2.29. The fourth-order valence-corrected chi connectivity index (χ4v) is 3.65. The third-order valence-electron chi connectivity index (χ3n) is 5.07. The van der Waals surface area contributed by atoms with E-state index in [0.29, 0.717) is 6.10 Å². The van der Waals surface area contributed by atoms with Crippen LogP contribution in [0.5, 0.6) is 0 Å². The van der Waals surface area contributed by atoms with Gasteiger partial charge in [0.1, 0.15) is 0 Å². The van der Waals surface area contributed by atoms with Gasteiger partial charge in [0, 0.05) is 24.3 Å². The Morgan fingerprint density at radius 2 is 1.87 bits per heavy atom. The van der Waals surface area contributed by atoms with Gasteiger partial charge in [0.05, 0.1) is 12.7 Å². The Kier molecular flexibility index (Phi) is 3.86. The van der Waals surface area contributed by atoms with Crippen molar-refractivity contribution >= 4 is 11.4 Å². The van der Waals surface area contributed by atoms with E-state index in [2.05, 4.69) is 61.2 Å². The summed E-state index contributed by atoms with van der Waals surface area (Å²) in [4.78, 5) is 2.44. The maximum absolute atomic E-state index is 6.01. The first-order chi connectivity index (χ1) is 11.2. The minimum absolute atomic E-state index is 0.294. The first kappa shape index (κ1) is 14.8. The van der Waals surface area contributed by atoms with Crippen LogP contribution in [0, 0.1) is 6.92 Å². The predicted molar refractivity (Wildman–Crippen MR) is 95.7 cm³/mol. The summed E-state index contributed by atoms with van der Waals surface area (Å²) in [5, 5.41) is 0. The topological polar surface area (TPSA) is 12.5 Å². The van der Waals surface area contributed by atoms with Crippen molar-refractivity contribution in [2.24, 2.45) is 0 Å². The summed E-state index contributed by atoms with van der Waals surface area (Å²) in [7, 11) is 0. The first-order valence-corrected chi connectivity index (χ1v) is 8.80. The lowest BCUT2D eigenvalue weighted by Gasteiger charge is -2.32. The molecule has 2 nitrogen and oxygen atoms in total. The van der Waals surface area contributed by atoms with Crippen LogP contribution in [0.15, 0.2) is 42.5 Å². The lowest BCUT2D eigenvalue weighted by atomic mass is 9.98. The minimum Gasteiger partial charge on any atom is -0.376 e. The summed E-state index contributed by atoms with van der Waals surface area (Å²) in [6.45, 7) is 6.07. The molecule has 0 saturated heterocycles. The second-order valence-electron chi connectivity index (χ2n) is 6.99. The number of aryl methyl sites for hydroxylation is 1. The molecule has 0 spiro atoms. The van der Waals surface area contributed by atoms with Gasteiger partial charge in [0.25, 0.3) is 0 Å². The highest BCUT2D eigenvalue weighted by Gasteiger charge is 2.26. The SMILES string of the molecule is Cc1ccccc1N1CCOC(C)Cc2cc(C3CC3)ccc21. The number of rotatable bonds is 2. The zero-order valence-corrected chi connectivity index (χ0v) is 14.1. The lowest BCUT2D eigenvalue weighted by molar-refractivity contribution is 0.0703. The molecule has 2 aromatic rings. The second kappa shape index (κ2) is 6.01. The van der Waals surface area contributed by atoms with Crippen LogP contribution < -0.4 is 4.90 Å². The number of para-hydroxylation sites is 1. The van der Waals surface area contributed by atoms with Crippen molar-refractivity contribution in [1.29, 1.82) is 0 Å². The van der Waals surface area contributed by atoms with Gasteiger partial charge in [-0.05, 0) is 61.4 Å². The molecule has 1 heterocycles. The van der Waals surface area contributed by atoms with E-state index < -0.39 is 0 Å². The van der Waals surface area contributed by atoms with Gasteiger partial charge in [-0.2, -0.15) is 0 Å². The molecule has 2 aliphatic rings. The van der Waals surface area contributed by atoms with Crippen molar-refractivity contribution in [2.45, 2.75) is 45.1 Å². The van der Waals surface area contributed by atoms with Crippen LogP contribution in [0.4, 0.5) is 11.4 Å². The van der Waals surface area contributed by atoms with Crippen LogP contribution in [-0.2, 0) is 11.2 Å². The number of nitrogens with zero attached hydrogens (tertiary/aromatic N) is 1. The Balaban J connectivity index is 1.79. The minimum atomic E-state index is 0.294. The Morgan fingerprint density at radius 3 is 2.65 bits per heavy atom. The molecule has 23 heavy (non-hydrogen) atoms. The van der Waals surface area contributed by atoms with Crippen molar-refractivity contribution in [3.8, 4) is 0 Å². The van der Waals surface area contributed by atoms with Crippen molar-refractivity contribution in [3.05, 3.63) is 59.2 Å². The van der Waals surface area contributed by atoms with E-state index in [1.165, 1.54) is 40.9 Å². The number of fused-ring (bicyclic) bond motifs is 1. The predicted octanol–water partition coefficient (Wildman–Crippen LogP) is 4.97. The van der Waals surface area contributed by atoms with Gasteiger partial charge in [0.15, 0.2) is 0 Å². The van der Waals surface area contributed by atoms with Gasteiger partial charge < -0.3 is 9.64 Å². The normalized spacial score (nSPS) is 21.5. The average molecular weight is 307 g/mol. The van der Waals surface area contributed by atoms with Gasteiger partial charge in [-0.15, -0.1) is 0 Å². The van der Waals surface area contributed by atoms with E-state index in [4.69, 9.17) is 4.74 Å². The molecule has 1 atom stereocenters. The van der Waals surface area contributed by atoms with Gasteiger partial charge in [-0.3, -0.25) is 0 Å². The van der Waals surface area contributed by atoms with Crippen molar-refractivity contribution in [3.63, 3.8) is 0 Å². The smallest absolute Gasteiger partial charge is 0.0649 e. The number of ether oxygens (including phenoxy) is 1. The van der Waals surface area contributed by atoms with Gasteiger partial charge in [-0.1, -0.05) is 30.3 Å². The molecule has 0 radical (unpaired) electrons. The summed E-state index contributed by atoms with van der Waals surface area (Å²) in [6.07, 6.45) is 4.00. The Hall–Kier alpha value is -1.80. The summed E-state index contributed by atoms with van der Waals surface area (Å²) in [5.74, 6) is 0.800. The van der Waals surface area contributed by atoms with Gasteiger partial charge in [0.2, 0.25) is 0 Å². The van der Waals surface area contributed by atoms with Crippen molar-refractivity contribution in [1.82, 2.24) is 0 Å². The molecule has 1 unspecified atom stereocenters. The molecule has 1 fully saturated rings. The molecule has 1 aliphatic carbocycles. The maximum Gasteiger partial charge on any atom is 0.0649 e. The summed E-state index contributed by atoms with van der Waals surface area (Å²) >= 11 is 0. The number of hydrogen-bond acceptors (Lipinski definition) is 2. The van der Waals surface area contributed by atoms with E-state index >= 15 is 0 Å². The highest BCUT2D eigenvalue weighted by Crippen LogP contribution is 2.42. The number of hydrogen-bond donors (Lipinski definition) is 0. The van der Waals surface area contributed by atoms with E-state index in [9.17, 15) is 0 Å². The third kappa shape index (κ3) is 3.00. The fourth-order valence-electron chi connectivity index (χ4n) is 3.65. The third-order valence-corrected chi connectivity index (χ3v) is 5.07.